The quantitative estimate of drug-likeness (QED) is 0.387. The zero-order valence-corrected chi connectivity index (χ0v) is 15.1. The van der Waals surface area contributed by atoms with Gasteiger partial charge in [0.15, 0.2) is 0 Å². The molecule has 0 unspecified atom stereocenters. The van der Waals surface area contributed by atoms with Crippen molar-refractivity contribution in [2.24, 2.45) is 5.10 Å². The van der Waals surface area contributed by atoms with E-state index in [1.807, 2.05) is 24.3 Å². The summed E-state index contributed by atoms with van der Waals surface area (Å²) in [5.41, 5.74) is 3.87. The molecule has 132 valence electrons. The first-order valence-electron chi connectivity index (χ1n) is 8.51. The monoisotopic (exact) mass is 358 g/mol. The molecule has 0 aliphatic rings. The van der Waals surface area contributed by atoms with Crippen LogP contribution in [0.15, 0.2) is 53.6 Å². The van der Waals surface area contributed by atoms with Crippen LogP contribution >= 0.6 is 11.6 Å². The van der Waals surface area contributed by atoms with Crippen LogP contribution in [-0.4, -0.2) is 18.7 Å². The van der Waals surface area contributed by atoms with Gasteiger partial charge in [0.2, 0.25) is 0 Å². The summed E-state index contributed by atoms with van der Waals surface area (Å²) in [5.74, 6) is 0.528. The third-order valence-electron chi connectivity index (χ3n) is 3.61. The van der Waals surface area contributed by atoms with E-state index in [-0.39, 0.29) is 5.91 Å². The number of halogens is 1. The number of rotatable bonds is 9. The lowest BCUT2D eigenvalue weighted by Crippen LogP contribution is -2.17. The first-order chi connectivity index (χ1) is 12.2. The molecule has 2 aromatic carbocycles. The molecule has 25 heavy (non-hydrogen) atoms. The van der Waals surface area contributed by atoms with Crippen LogP contribution < -0.4 is 10.2 Å². The van der Waals surface area contributed by atoms with Crippen LogP contribution in [0.25, 0.3) is 0 Å². The van der Waals surface area contributed by atoms with E-state index in [1.54, 1.807) is 30.5 Å². The van der Waals surface area contributed by atoms with Gasteiger partial charge in [0.1, 0.15) is 5.75 Å². The second-order valence-corrected chi connectivity index (χ2v) is 6.12. The number of amides is 1. The number of ether oxygens (including phenoxy) is 1. The Bertz CT molecular complexity index is 699. The number of nitrogens with one attached hydrogen (secondary N) is 1. The van der Waals surface area contributed by atoms with E-state index in [9.17, 15) is 4.79 Å². The molecule has 0 radical (unpaired) electrons. The molecule has 0 aliphatic heterocycles. The molecule has 2 aromatic rings. The minimum Gasteiger partial charge on any atom is -0.494 e. The molecule has 0 bridgehead atoms. The summed E-state index contributed by atoms with van der Waals surface area (Å²) in [5, 5.41) is 4.58. The minimum absolute atomic E-state index is 0.281. The molecule has 0 saturated heterocycles. The fraction of sp³-hybridized carbons (Fsp3) is 0.300. The predicted octanol–water partition coefficient (Wildman–Crippen LogP) is 5.06. The lowest BCUT2D eigenvalue weighted by atomic mass is 10.2. The van der Waals surface area contributed by atoms with Gasteiger partial charge in [-0.1, -0.05) is 49.9 Å². The van der Waals surface area contributed by atoms with Gasteiger partial charge in [0.05, 0.1) is 12.8 Å². The molecule has 0 spiro atoms. The van der Waals surface area contributed by atoms with Gasteiger partial charge in [-0.2, -0.15) is 5.10 Å². The first-order valence-corrected chi connectivity index (χ1v) is 8.88. The number of carbonyl (C=O) groups is 1. The van der Waals surface area contributed by atoms with E-state index in [2.05, 4.69) is 17.5 Å². The Morgan fingerprint density at radius 1 is 1.16 bits per heavy atom. The van der Waals surface area contributed by atoms with Crippen molar-refractivity contribution in [3.63, 3.8) is 0 Å². The zero-order valence-electron chi connectivity index (χ0n) is 14.4. The van der Waals surface area contributed by atoms with E-state index in [1.165, 1.54) is 19.3 Å². The average Bonchev–Trinajstić information content (AvgIpc) is 2.62. The molecular formula is C20H23ClN2O2. The Labute approximate surface area is 153 Å². The van der Waals surface area contributed by atoms with E-state index in [0.29, 0.717) is 17.2 Å². The van der Waals surface area contributed by atoms with Crippen LogP contribution in [0.2, 0.25) is 5.02 Å². The summed E-state index contributed by atoms with van der Waals surface area (Å²) >= 11 is 5.80. The molecule has 0 saturated carbocycles. The number of benzene rings is 2. The maximum Gasteiger partial charge on any atom is 0.271 e. The van der Waals surface area contributed by atoms with Crippen LogP contribution in [0.1, 0.15) is 48.5 Å². The van der Waals surface area contributed by atoms with Gasteiger partial charge in [-0.15, -0.1) is 0 Å². The largest absolute Gasteiger partial charge is 0.494 e. The van der Waals surface area contributed by atoms with Crippen molar-refractivity contribution in [2.75, 3.05) is 6.61 Å². The number of hydrazone groups is 1. The molecule has 0 fully saturated rings. The van der Waals surface area contributed by atoms with Gasteiger partial charge in [-0.25, -0.2) is 5.43 Å². The standard InChI is InChI=1S/C20H23ClN2O2/c1-2-3-4-5-13-25-19-8-6-7-16(14-19)15-22-23-20(24)17-9-11-18(21)12-10-17/h6-12,14-15H,2-5,13H2,1H3,(H,23,24)/b22-15+. The molecular weight excluding hydrogens is 336 g/mol. The third-order valence-corrected chi connectivity index (χ3v) is 3.86. The number of hydrogen-bond donors (Lipinski definition) is 1. The smallest absolute Gasteiger partial charge is 0.271 e. The number of nitrogens with zero attached hydrogens (tertiary/aromatic N) is 1. The van der Waals surface area contributed by atoms with Crippen molar-refractivity contribution in [3.8, 4) is 5.75 Å². The summed E-state index contributed by atoms with van der Waals surface area (Å²) in [7, 11) is 0. The highest BCUT2D eigenvalue weighted by molar-refractivity contribution is 6.30. The molecule has 4 nitrogen and oxygen atoms in total. The molecule has 0 aliphatic carbocycles. The Hall–Kier alpha value is -2.33. The van der Waals surface area contributed by atoms with Gasteiger partial charge < -0.3 is 4.74 Å². The first kappa shape index (κ1) is 19.0. The van der Waals surface area contributed by atoms with Crippen molar-refractivity contribution >= 4 is 23.7 Å². The number of hydrogen-bond acceptors (Lipinski definition) is 3. The topological polar surface area (TPSA) is 50.7 Å². The Balaban J connectivity index is 1.83. The van der Waals surface area contributed by atoms with E-state index in [0.717, 1.165) is 17.7 Å². The van der Waals surface area contributed by atoms with Crippen LogP contribution in [0.3, 0.4) is 0 Å². The Kier molecular flexibility index (Phi) is 7.99. The molecule has 0 heterocycles. The highest BCUT2D eigenvalue weighted by Gasteiger charge is 2.03. The van der Waals surface area contributed by atoms with Crippen molar-refractivity contribution in [3.05, 3.63) is 64.7 Å². The van der Waals surface area contributed by atoms with Crippen LogP contribution in [0.4, 0.5) is 0 Å². The Morgan fingerprint density at radius 2 is 1.96 bits per heavy atom. The van der Waals surface area contributed by atoms with Crippen LogP contribution in [0.5, 0.6) is 5.75 Å². The van der Waals surface area contributed by atoms with Crippen molar-refractivity contribution < 1.29 is 9.53 Å². The summed E-state index contributed by atoms with van der Waals surface area (Å²) < 4.78 is 5.74. The summed E-state index contributed by atoms with van der Waals surface area (Å²) in [6, 6.07) is 14.3. The second-order valence-electron chi connectivity index (χ2n) is 5.69. The maximum atomic E-state index is 11.9. The van der Waals surface area contributed by atoms with Gasteiger partial charge in [0, 0.05) is 10.6 Å². The average molecular weight is 359 g/mol. The molecule has 2 rings (SSSR count). The highest BCUT2D eigenvalue weighted by Crippen LogP contribution is 2.13. The Morgan fingerprint density at radius 3 is 2.72 bits per heavy atom. The molecule has 1 amide bonds. The molecule has 1 N–H and O–H groups in total. The van der Waals surface area contributed by atoms with Crippen LogP contribution in [-0.2, 0) is 0 Å². The lowest BCUT2D eigenvalue weighted by Gasteiger charge is -2.06. The fourth-order valence-electron chi connectivity index (χ4n) is 2.23. The van der Waals surface area contributed by atoms with E-state index >= 15 is 0 Å². The lowest BCUT2D eigenvalue weighted by molar-refractivity contribution is 0.0955. The maximum absolute atomic E-state index is 11.9. The van der Waals surface area contributed by atoms with Crippen molar-refractivity contribution in [2.45, 2.75) is 32.6 Å². The van der Waals surface area contributed by atoms with Crippen molar-refractivity contribution in [1.29, 1.82) is 0 Å². The van der Waals surface area contributed by atoms with Gasteiger partial charge >= 0.3 is 0 Å². The second kappa shape index (κ2) is 10.5. The molecule has 0 atom stereocenters. The van der Waals surface area contributed by atoms with Crippen molar-refractivity contribution in [1.82, 2.24) is 5.43 Å². The predicted molar refractivity (Wildman–Crippen MR) is 103 cm³/mol. The number of carbonyl (C=O) groups excluding carboxylic acids is 1. The fourth-order valence-corrected chi connectivity index (χ4v) is 2.36. The van der Waals surface area contributed by atoms with Gasteiger partial charge in [0.25, 0.3) is 5.91 Å². The number of unbranched alkanes of at least 4 members (excludes halogenated alkanes) is 3. The SMILES string of the molecule is CCCCCCOc1cccc(/C=N/NC(=O)c2ccc(Cl)cc2)c1. The summed E-state index contributed by atoms with van der Waals surface area (Å²) in [6.45, 7) is 2.91. The van der Waals surface area contributed by atoms with E-state index in [4.69, 9.17) is 16.3 Å². The van der Waals surface area contributed by atoms with E-state index < -0.39 is 0 Å². The van der Waals surface area contributed by atoms with Gasteiger partial charge in [-0.05, 0) is 48.4 Å². The zero-order chi connectivity index (χ0) is 17.9. The van der Waals surface area contributed by atoms with Gasteiger partial charge in [-0.3, -0.25) is 4.79 Å². The molecule has 0 aromatic heterocycles. The molecule has 5 heteroatoms. The summed E-state index contributed by atoms with van der Waals surface area (Å²) in [6.07, 6.45) is 6.30. The normalized spacial score (nSPS) is 10.8. The summed E-state index contributed by atoms with van der Waals surface area (Å²) in [4.78, 5) is 11.9. The highest BCUT2D eigenvalue weighted by atomic mass is 35.5. The third kappa shape index (κ3) is 6.98. The van der Waals surface area contributed by atoms with Crippen LogP contribution in [0, 0.1) is 0 Å². The minimum atomic E-state index is -0.281.